The van der Waals surface area contributed by atoms with Crippen molar-refractivity contribution in [3.05, 3.63) is 89.0 Å². The van der Waals surface area contributed by atoms with Gasteiger partial charge in [0.1, 0.15) is 5.75 Å². The Hall–Kier alpha value is -3.57. The average molecular weight is 536 g/mol. The predicted molar refractivity (Wildman–Crippen MR) is 135 cm³/mol. The number of ether oxygens (including phenoxy) is 1. The Labute approximate surface area is 214 Å². The summed E-state index contributed by atoms with van der Waals surface area (Å²) in [4.78, 5) is 13.0. The molecule has 0 radical (unpaired) electrons. The lowest BCUT2D eigenvalue weighted by Crippen LogP contribution is -2.27. The molecule has 0 aromatic heterocycles. The molecule has 1 atom stereocenters. The second-order valence-corrected chi connectivity index (χ2v) is 10.7. The summed E-state index contributed by atoms with van der Waals surface area (Å²) < 4.78 is 71.0. The van der Waals surface area contributed by atoms with Crippen molar-refractivity contribution in [1.82, 2.24) is 9.62 Å². The van der Waals surface area contributed by atoms with Crippen molar-refractivity contribution in [2.24, 2.45) is 0 Å². The molecule has 0 spiro atoms. The number of sulfonamides is 1. The molecule has 1 amide bonds. The highest BCUT2D eigenvalue weighted by molar-refractivity contribution is 7.89. The number of alkyl halides is 3. The summed E-state index contributed by atoms with van der Waals surface area (Å²) >= 11 is 0. The maximum Gasteiger partial charge on any atom is 0.416 e. The maximum atomic E-state index is 13.1. The first-order chi connectivity index (χ1) is 17.3. The fraction of sp³-hybridized carbons (Fsp3) is 0.269. The zero-order valence-electron chi connectivity index (χ0n) is 20.8. The number of amides is 1. The van der Waals surface area contributed by atoms with Gasteiger partial charge in [0.05, 0.1) is 23.6 Å². The Morgan fingerprint density at radius 2 is 1.70 bits per heavy atom. The van der Waals surface area contributed by atoms with Crippen LogP contribution < -0.4 is 15.4 Å². The molecule has 198 valence electrons. The van der Waals surface area contributed by atoms with Crippen LogP contribution in [0.15, 0.2) is 71.6 Å². The number of nitrogens with zero attached hydrogens (tertiary/aromatic N) is 1. The Bertz CT molecular complexity index is 1360. The van der Waals surface area contributed by atoms with E-state index in [0.29, 0.717) is 11.3 Å². The lowest BCUT2D eigenvalue weighted by molar-refractivity contribution is -0.137. The number of carbonyl (C=O) groups is 1. The molecule has 0 aliphatic carbocycles. The molecule has 0 aliphatic heterocycles. The number of methoxy groups -OCH3 is 1. The van der Waals surface area contributed by atoms with Crippen molar-refractivity contribution >= 4 is 21.6 Å². The van der Waals surface area contributed by atoms with Crippen LogP contribution in [0.2, 0.25) is 0 Å². The third-order valence-corrected chi connectivity index (χ3v) is 7.45. The van der Waals surface area contributed by atoms with Crippen molar-refractivity contribution in [3.8, 4) is 5.75 Å². The summed E-state index contributed by atoms with van der Waals surface area (Å²) in [6, 6.07) is 15.6. The molecule has 0 unspecified atom stereocenters. The van der Waals surface area contributed by atoms with E-state index in [1.54, 1.807) is 38.3 Å². The van der Waals surface area contributed by atoms with Crippen LogP contribution in [-0.4, -0.2) is 39.8 Å². The standard InChI is InChI=1S/C26H28F3N3O4S/c1-17(19-8-10-23(36-4)11-9-19)31-25(33)20-13-22(15-24(14-20)37(34,35)32(2)3)30-16-18-6-5-7-21(12-18)26(27,28)29/h5-15,17,30H,16H2,1-4H3,(H,31,33)/t17-/m1/s1. The van der Waals surface area contributed by atoms with Gasteiger partial charge in [-0.3, -0.25) is 4.79 Å². The van der Waals surface area contributed by atoms with Crippen molar-refractivity contribution < 1.29 is 31.1 Å². The quantitative estimate of drug-likeness (QED) is 0.400. The van der Waals surface area contributed by atoms with Crippen molar-refractivity contribution in [2.45, 2.75) is 30.6 Å². The fourth-order valence-electron chi connectivity index (χ4n) is 3.51. The third kappa shape index (κ3) is 7.01. The summed E-state index contributed by atoms with van der Waals surface area (Å²) in [5.41, 5.74) is 0.713. The van der Waals surface area contributed by atoms with Gasteiger partial charge in [0.2, 0.25) is 10.0 Å². The molecule has 0 heterocycles. The van der Waals surface area contributed by atoms with Gasteiger partial charge in [0.25, 0.3) is 5.91 Å². The van der Waals surface area contributed by atoms with Gasteiger partial charge in [-0.2, -0.15) is 13.2 Å². The van der Waals surface area contributed by atoms with Gasteiger partial charge in [-0.1, -0.05) is 24.3 Å². The number of hydrogen-bond acceptors (Lipinski definition) is 5. The fourth-order valence-corrected chi connectivity index (χ4v) is 4.48. The number of halogens is 3. The van der Waals surface area contributed by atoms with E-state index in [1.807, 2.05) is 0 Å². The molecule has 37 heavy (non-hydrogen) atoms. The molecule has 11 heteroatoms. The van der Waals surface area contributed by atoms with Crippen LogP contribution in [0.5, 0.6) is 5.75 Å². The molecule has 2 N–H and O–H groups in total. The van der Waals surface area contributed by atoms with E-state index >= 15 is 0 Å². The van der Waals surface area contributed by atoms with Crippen molar-refractivity contribution in [3.63, 3.8) is 0 Å². The number of benzene rings is 3. The molecule has 0 bridgehead atoms. The minimum absolute atomic E-state index is 0.0152. The molecule has 0 fully saturated rings. The number of nitrogens with one attached hydrogen (secondary N) is 2. The minimum Gasteiger partial charge on any atom is -0.497 e. The van der Waals surface area contributed by atoms with Gasteiger partial charge in [-0.15, -0.1) is 0 Å². The zero-order chi connectivity index (χ0) is 27.4. The topological polar surface area (TPSA) is 87.7 Å². The SMILES string of the molecule is COc1ccc([C@@H](C)NC(=O)c2cc(NCc3cccc(C(F)(F)F)c3)cc(S(=O)(=O)N(C)C)c2)cc1. The van der Waals surface area contributed by atoms with Gasteiger partial charge < -0.3 is 15.4 Å². The van der Waals surface area contributed by atoms with Crippen LogP contribution in [0, 0.1) is 0 Å². The van der Waals surface area contributed by atoms with E-state index < -0.39 is 33.7 Å². The molecule has 0 saturated carbocycles. The highest BCUT2D eigenvalue weighted by atomic mass is 32.2. The normalized spacial score (nSPS) is 12.8. The third-order valence-electron chi connectivity index (χ3n) is 5.66. The first-order valence-electron chi connectivity index (χ1n) is 11.2. The lowest BCUT2D eigenvalue weighted by Gasteiger charge is -2.18. The second-order valence-electron chi connectivity index (χ2n) is 8.55. The van der Waals surface area contributed by atoms with E-state index in [2.05, 4.69) is 10.6 Å². The summed E-state index contributed by atoms with van der Waals surface area (Å²) in [5, 5.41) is 5.78. The Morgan fingerprint density at radius 3 is 2.30 bits per heavy atom. The van der Waals surface area contributed by atoms with Gasteiger partial charge in [0.15, 0.2) is 0 Å². The van der Waals surface area contributed by atoms with Gasteiger partial charge in [0, 0.05) is 31.9 Å². The zero-order valence-corrected chi connectivity index (χ0v) is 21.6. The summed E-state index contributed by atoms with van der Waals surface area (Å²) in [6.45, 7) is 1.77. The molecular weight excluding hydrogens is 507 g/mol. The number of anilines is 1. The van der Waals surface area contributed by atoms with Crippen LogP contribution in [0.4, 0.5) is 18.9 Å². The number of rotatable bonds is 9. The van der Waals surface area contributed by atoms with Gasteiger partial charge in [-0.05, 0) is 60.5 Å². The molecule has 0 aliphatic rings. The van der Waals surface area contributed by atoms with Crippen molar-refractivity contribution in [2.75, 3.05) is 26.5 Å². The van der Waals surface area contributed by atoms with Gasteiger partial charge in [-0.25, -0.2) is 12.7 Å². The molecule has 7 nitrogen and oxygen atoms in total. The van der Waals surface area contributed by atoms with Crippen molar-refractivity contribution in [1.29, 1.82) is 0 Å². The highest BCUT2D eigenvalue weighted by Crippen LogP contribution is 2.30. The summed E-state index contributed by atoms with van der Waals surface area (Å²) in [5.74, 6) is 0.154. The molecule has 3 rings (SSSR count). The predicted octanol–water partition coefficient (Wildman–Crippen LogP) is 5.07. The van der Waals surface area contributed by atoms with E-state index in [9.17, 15) is 26.4 Å². The second kappa shape index (κ2) is 11.2. The summed E-state index contributed by atoms with van der Waals surface area (Å²) in [7, 11) is 0.376. The number of hydrogen-bond donors (Lipinski definition) is 2. The Balaban J connectivity index is 1.88. The van der Waals surface area contributed by atoms with Crippen LogP contribution in [0.1, 0.15) is 40.0 Å². The Morgan fingerprint density at radius 1 is 1.03 bits per heavy atom. The molecule has 3 aromatic rings. The first kappa shape index (κ1) is 28.0. The Kier molecular flexibility index (Phi) is 8.49. The lowest BCUT2D eigenvalue weighted by atomic mass is 10.1. The molecular formula is C26H28F3N3O4S. The van der Waals surface area contributed by atoms with E-state index in [4.69, 9.17) is 4.74 Å². The number of carbonyl (C=O) groups excluding carboxylic acids is 1. The van der Waals surface area contributed by atoms with Crippen LogP contribution in [0.25, 0.3) is 0 Å². The maximum absolute atomic E-state index is 13.1. The largest absolute Gasteiger partial charge is 0.497 e. The first-order valence-corrected chi connectivity index (χ1v) is 12.7. The average Bonchev–Trinajstić information content (AvgIpc) is 2.86. The van der Waals surface area contributed by atoms with E-state index in [-0.39, 0.29) is 22.7 Å². The monoisotopic (exact) mass is 535 g/mol. The van der Waals surface area contributed by atoms with Crippen LogP contribution in [-0.2, 0) is 22.7 Å². The van der Waals surface area contributed by atoms with E-state index in [1.165, 1.54) is 44.4 Å². The smallest absolute Gasteiger partial charge is 0.416 e. The molecule has 3 aromatic carbocycles. The minimum atomic E-state index is -4.48. The summed E-state index contributed by atoms with van der Waals surface area (Å²) in [6.07, 6.45) is -4.48. The molecule has 0 saturated heterocycles. The highest BCUT2D eigenvalue weighted by Gasteiger charge is 2.30. The van der Waals surface area contributed by atoms with Crippen LogP contribution in [0.3, 0.4) is 0 Å². The van der Waals surface area contributed by atoms with Gasteiger partial charge >= 0.3 is 6.18 Å². The van der Waals surface area contributed by atoms with Crippen LogP contribution >= 0.6 is 0 Å². The van der Waals surface area contributed by atoms with E-state index in [0.717, 1.165) is 22.0 Å².